The molecule has 1 aliphatic rings. The third-order valence-electron chi connectivity index (χ3n) is 7.15. The maximum Gasteiger partial charge on any atom is 0.430 e. The van der Waals surface area contributed by atoms with E-state index in [1.165, 1.54) is 16.4 Å². The van der Waals surface area contributed by atoms with E-state index in [2.05, 4.69) is 0 Å². The van der Waals surface area contributed by atoms with Gasteiger partial charge in [-0.05, 0) is 29.2 Å². The highest BCUT2D eigenvalue weighted by Crippen LogP contribution is 2.50. The predicted octanol–water partition coefficient (Wildman–Crippen LogP) is 5.39. The molecule has 3 aromatic rings. The first kappa shape index (κ1) is 31.4. The van der Waals surface area contributed by atoms with Crippen molar-refractivity contribution in [2.24, 2.45) is 0 Å². The Morgan fingerprint density at radius 2 is 1.33 bits per heavy atom. The van der Waals surface area contributed by atoms with E-state index in [0.29, 0.717) is 48.5 Å². The summed E-state index contributed by atoms with van der Waals surface area (Å²) in [4.78, 5) is 12.3. The minimum atomic E-state index is -5.97. The maximum absolute atomic E-state index is 13.2. The van der Waals surface area contributed by atoms with Gasteiger partial charge in [0.1, 0.15) is 0 Å². The summed E-state index contributed by atoms with van der Waals surface area (Å²) in [5.41, 5.74) is -4.56. The first-order valence-electron chi connectivity index (χ1n) is 12.5. The lowest BCUT2D eigenvalue weighted by atomic mass is 9.90. The van der Waals surface area contributed by atoms with Crippen molar-refractivity contribution in [3.63, 3.8) is 0 Å². The molecule has 42 heavy (non-hydrogen) atoms. The lowest BCUT2D eigenvalue weighted by molar-refractivity contribution is -0.385. The Hall–Kier alpha value is -3.53. The molecule has 0 aliphatic carbocycles. The summed E-state index contributed by atoms with van der Waals surface area (Å²) in [6.45, 7) is 3.12. The molecule has 1 aliphatic heterocycles. The number of halogens is 6. The van der Waals surface area contributed by atoms with Crippen LogP contribution in [0.2, 0.25) is 0 Å². The molecule has 226 valence electrons. The summed E-state index contributed by atoms with van der Waals surface area (Å²) in [6.07, 6.45) is -11.9. The Balaban J connectivity index is 1.41. The molecule has 0 amide bonds. The Morgan fingerprint density at radius 1 is 0.833 bits per heavy atom. The van der Waals surface area contributed by atoms with E-state index in [-0.39, 0.29) is 23.7 Å². The molecular formula is C27H25F6N3O5S. The van der Waals surface area contributed by atoms with Crippen molar-refractivity contribution in [2.45, 2.75) is 36.3 Å². The lowest BCUT2D eigenvalue weighted by Crippen LogP contribution is -2.53. The van der Waals surface area contributed by atoms with Crippen LogP contribution in [-0.2, 0) is 22.2 Å². The Kier molecular flexibility index (Phi) is 8.43. The van der Waals surface area contributed by atoms with Gasteiger partial charge < -0.3 is 5.11 Å². The fraction of sp³-hybridized carbons (Fsp3) is 0.333. The van der Waals surface area contributed by atoms with Crippen molar-refractivity contribution < 1.29 is 44.8 Å². The molecule has 1 heterocycles. The molecule has 0 aromatic heterocycles. The molecule has 1 N–H and O–H groups in total. The lowest BCUT2D eigenvalue weighted by Gasteiger charge is -2.34. The predicted molar refractivity (Wildman–Crippen MR) is 140 cm³/mol. The van der Waals surface area contributed by atoms with Crippen LogP contribution in [0.5, 0.6) is 0 Å². The molecule has 0 bridgehead atoms. The van der Waals surface area contributed by atoms with Gasteiger partial charge in [0.15, 0.2) is 0 Å². The van der Waals surface area contributed by atoms with Gasteiger partial charge >= 0.3 is 12.4 Å². The first-order valence-corrected chi connectivity index (χ1v) is 13.9. The quantitative estimate of drug-likeness (QED) is 0.217. The summed E-state index contributed by atoms with van der Waals surface area (Å²) in [5, 5.41) is 20.7. The maximum atomic E-state index is 13.2. The number of nitrogens with zero attached hydrogens (tertiary/aromatic N) is 3. The first-order chi connectivity index (χ1) is 19.4. The van der Waals surface area contributed by atoms with E-state index in [1.807, 2.05) is 4.90 Å². The van der Waals surface area contributed by atoms with Gasteiger partial charge in [0, 0.05) is 50.4 Å². The van der Waals surface area contributed by atoms with Crippen LogP contribution in [0.25, 0.3) is 11.1 Å². The monoisotopic (exact) mass is 617 g/mol. The summed E-state index contributed by atoms with van der Waals surface area (Å²) in [5.74, 6) is 0. The SMILES string of the molecule is Cc1ccc([N+](=O)[O-])cc1S(=O)(=O)N1CCN(Cc2ccc(-c3ccc(C(O)(C(F)(F)F)C(F)(F)F)cc3)cc2)CC1. The number of hydrogen-bond acceptors (Lipinski definition) is 6. The molecule has 0 radical (unpaired) electrons. The average molecular weight is 618 g/mol. The molecule has 3 aromatic carbocycles. The Bertz CT molecular complexity index is 1540. The number of benzene rings is 3. The van der Waals surface area contributed by atoms with Crippen molar-refractivity contribution in [3.05, 3.63) is 93.5 Å². The highest BCUT2D eigenvalue weighted by atomic mass is 32.2. The molecule has 0 atom stereocenters. The summed E-state index contributed by atoms with van der Waals surface area (Å²) in [6, 6.07) is 13.8. The Morgan fingerprint density at radius 3 is 1.81 bits per heavy atom. The normalized spacial score (nSPS) is 16.0. The molecule has 8 nitrogen and oxygen atoms in total. The molecule has 0 spiro atoms. The van der Waals surface area contributed by atoms with Gasteiger partial charge in [-0.3, -0.25) is 15.0 Å². The fourth-order valence-corrected chi connectivity index (χ4v) is 6.37. The third kappa shape index (κ3) is 6.00. The summed E-state index contributed by atoms with van der Waals surface area (Å²) < 4.78 is 106. The van der Waals surface area contributed by atoms with Crippen LogP contribution in [0.15, 0.2) is 71.6 Å². The number of rotatable bonds is 7. The number of aryl methyl sites for hydroxylation is 1. The highest BCUT2D eigenvalue weighted by molar-refractivity contribution is 7.89. The highest BCUT2D eigenvalue weighted by Gasteiger charge is 2.71. The van der Waals surface area contributed by atoms with E-state index in [1.54, 1.807) is 31.2 Å². The van der Waals surface area contributed by atoms with Crippen LogP contribution in [0.3, 0.4) is 0 Å². The minimum Gasteiger partial charge on any atom is -0.369 e. The van der Waals surface area contributed by atoms with Crippen molar-refractivity contribution >= 4 is 15.7 Å². The second kappa shape index (κ2) is 11.3. The number of piperazine rings is 1. The van der Waals surface area contributed by atoms with Gasteiger partial charge in [-0.25, -0.2) is 8.42 Å². The molecule has 1 fully saturated rings. The van der Waals surface area contributed by atoms with E-state index in [0.717, 1.165) is 23.8 Å². The Labute approximate surface area is 237 Å². The smallest absolute Gasteiger partial charge is 0.369 e. The van der Waals surface area contributed by atoms with Crippen molar-refractivity contribution in [1.29, 1.82) is 0 Å². The number of alkyl halides is 6. The van der Waals surface area contributed by atoms with Gasteiger partial charge in [0.25, 0.3) is 11.3 Å². The average Bonchev–Trinajstić information content (AvgIpc) is 2.92. The zero-order valence-electron chi connectivity index (χ0n) is 22.0. The summed E-state index contributed by atoms with van der Waals surface area (Å²) >= 11 is 0. The van der Waals surface area contributed by atoms with Crippen LogP contribution in [0.1, 0.15) is 16.7 Å². The number of sulfonamides is 1. The standard InChI is InChI=1S/C27H25F6N3O5S/c1-18-2-11-23(36(38)39)16-24(18)42(40,41)35-14-12-34(13-15-35)17-19-3-5-20(6-4-19)21-7-9-22(10-8-21)25(37,26(28,29)30)27(31,32)33/h2-11,16,37H,12-15,17H2,1H3. The molecule has 0 unspecified atom stereocenters. The second-order valence-corrected chi connectivity index (χ2v) is 11.8. The number of nitro groups is 1. The fourth-order valence-electron chi connectivity index (χ4n) is 4.70. The summed E-state index contributed by atoms with van der Waals surface area (Å²) in [7, 11) is -3.95. The van der Waals surface area contributed by atoms with Gasteiger partial charge in [-0.15, -0.1) is 0 Å². The minimum absolute atomic E-state index is 0.115. The molecule has 0 saturated carbocycles. The molecule has 4 rings (SSSR count). The second-order valence-electron chi connectivity index (χ2n) is 9.87. The van der Waals surface area contributed by atoms with Gasteiger partial charge in [-0.2, -0.15) is 30.6 Å². The van der Waals surface area contributed by atoms with Crippen molar-refractivity contribution in [2.75, 3.05) is 26.2 Å². The molecule has 1 saturated heterocycles. The van der Waals surface area contributed by atoms with Crippen LogP contribution in [0, 0.1) is 17.0 Å². The van der Waals surface area contributed by atoms with Crippen LogP contribution >= 0.6 is 0 Å². The van der Waals surface area contributed by atoms with Crippen LogP contribution < -0.4 is 0 Å². The largest absolute Gasteiger partial charge is 0.430 e. The topological polar surface area (TPSA) is 104 Å². The van der Waals surface area contributed by atoms with Crippen molar-refractivity contribution in [1.82, 2.24) is 9.21 Å². The van der Waals surface area contributed by atoms with Crippen LogP contribution in [0.4, 0.5) is 32.0 Å². The van der Waals surface area contributed by atoms with E-state index in [4.69, 9.17) is 0 Å². The number of nitro benzene ring substituents is 1. The number of hydrogen-bond donors (Lipinski definition) is 1. The van der Waals surface area contributed by atoms with E-state index < -0.39 is 38.5 Å². The van der Waals surface area contributed by atoms with E-state index >= 15 is 0 Å². The van der Waals surface area contributed by atoms with Gasteiger partial charge in [0.2, 0.25) is 10.0 Å². The van der Waals surface area contributed by atoms with Gasteiger partial charge in [-0.1, -0.05) is 54.6 Å². The van der Waals surface area contributed by atoms with Crippen LogP contribution in [-0.4, -0.2) is 66.2 Å². The number of non-ortho nitro benzene ring substituents is 1. The molecular weight excluding hydrogens is 592 g/mol. The zero-order valence-corrected chi connectivity index (χ0v) is 22.8. The zero-order chi connectivity index (χ0) is 31.1. The van der Waals surface area contributed by atoms with Gasteiger partial charge in [0.05, 0.1) is 9.82 Å². The third-order valence-corrected chi connectivity index (χ3v) is 9.19. The van der Waals surface area contributed by atoms with E-state index in [9.17, 15) is 50.0 Å². The number of aliphatic hydroxyl groups is 1. The van der Waals surface area contributed by atoms with Crippen molar-refractivity contribution in [3.8, 4) is 11.1 Å². The molecule has 15 heteroatoms.